The number of hydrogen-bond acceptors (Lipinski definition) is 4. The molecule has 20 heavy (non-hydrogen) atoms. The predicted molar refractivity (Wildman–Crippen MR) is 75.1 cm³/mol. The average molecular weight is 296 g/mol. The van der Waals surface area contributed by atoms with Crippen LogP contribution in [-0.2, 0) is 15.8 Å². The fourth-order valence-corrected chi connectivity index (χ4v) is 3.81. The Morgan fingerprint density at radius 1 is 1.45 bits per heavy atom. The van der Waals surface area contributed by atoms with Crippen LogP contribution < -0.4 is 15.8 Å². The van der Waals surface area contributed by atoms with Gasteiger partial charge in [-0.25, -0.2) is 8.42 Å². The molecule has 2 heterocycles. The third kappa shape index (κ3) is 2.64. The minimum atomic E-state index is -3.49. The lowest BCUT2D eigenvalue weighted by Gasteiger charge is -2.18. The highest BCUT2D eigenvalue weighted by Crippen LogP contribution is 2.28. The second-order valence-electron chi connectivity index (χ2n) is 5.27. The van der Waals surface area contributed by atoms with Crippen LogP contribution in [0.15, 0.2) is 22.6 Å². The van der Waals surface area contributed by atoms with Crippen LogP contribution in [0, 0.1) is 5.92 Å². The summed E-state index contributed by atoms with van der Waals surface area (Å²) in [5.41, 5.74) is 7.08. The van der Waals surface area contributed by atoms with Crippen molar-refractivity contribution in [3.63, 3.8) is 0 Å². The van der Waals surface area contributed by atoms with Gasteiger partial charge in [-0.2, -0.15) is 0 Å². The molecule has 1 fully saturated rings. The summed E-state index contributed by atoms with van der Waals surface area (Å²) >= 11 is 0. The molecule has 0 saturated carbocycles. The number of amidine groups is 1. The molecule has 1 aromatic carbocycles. The highest BCUT2D eigenvalue weighted by Gasteiger charge is 2.26. The molecule has 1 unspecified atom stereocenters. The largest absolute Gasteiger partial charge is 0.492 e. The van der Waals surface area contributed by atoms with Gasteiger partial charge in [0.05, 0.1) is 31.0 Å². The molecule has 7 heteroatoms. The minimum absolute atomic E-state index is 0.0276. The fourth-order valence-electron chi connectivity index (χ4n) is 2.72. The second kappa shape index (κ2) is 5.06. The van der Waals surface area contributed by atoms with Crippen LogP contribution in [0.4, 0.5) is 0 Å². The van der Waals surface area contributed by atoms with Gasteiger partial charge in [0.2, 0.25) is 0 Å². The van der Waals surface area contributed by atoms with Crippen LogP contribution in [0.5, 0.6) is 5.75 Å². The van der Waals surface area contributed by atoms with Crippen molar-refractivity contribution < 1.29 is 18.5 Å². The van der Waals surface area contributed by atoms with Crippen molar-refractivity contribution in [1.82, 2.24) is 0 Å². The van der Waals surface area contributed by atoms with Crippen molar-refractivity contribution in [3.8, 4) is 5.75 Å². The van der Waals surface area contributed by atoms with Crippen LogP contribution in [-0.4, -0.2) is 33.9 Å². The monoisotopic (exact) mass is 296 g/mol. The van der Waals surface area contributed by atoms with Gasteiger partial charge in [-0.3, -0.25) is 0 Å². The molecule has 3 rings (SSSR count). The molecule has 0 aromatic heterocycles. The van der Waals surface area contributed by atoms with Crippen molar-refractivity contribution in [2.24, 2.45) is 16.0 Å². The van der Waals surface area contributed by atoms with Gasteiger partial charge in [0.1, 0.15) is 11.6 Å². The van der Waals surface area contributed by atoms with Gasteiger partial charge >= 0.3 is 0 Å². The van der Waals surface area contributed by atoms with E-state index in [4.69, 9.17) is 10.5 Å². The third-order valence-electron chi connectivity index (χ3n) is 3.70. The highest BCUT2D eigenvalue weighted by atomic mass is 32.2. The van der Waals surface area contributed by atoms with Gasteiger partial charge in [-0.05, 0) is 11.6 Å². The van der Waals surface area contributed by atoms with E-state index in [-0.39, 0.29) is 11.6 Å². The first-order valence-corrected chi connectivity index (χ1v) is 8.31. The predicted octanol–water partition coefficient (Wildman–Crippen LogP) is -0.803. The molecule has 0 spiro atoms. The number of fused-ring (bicyclic) bond motifs is 1. The topological polar surface area (TPSA) is 98.4 Å². The molecule has 4 N–H and O–H groups in total. The van der Waals surface area contributed by atoms with Crippen molar-refractivity contribution >= 4 is 15.9 Å². The van der Waals surface area contributed by atoms with Crippen molar-refractivity contribution in [2.45, 2.75) is 12.2 Å². The van der Waals surface area contributed by atoms with E-state index in [0.717, 1.165) is 19.5 Å². The molecule has 6 nitrogen and oxygen atoms in total. The molecule has 2 aliphatic rings. The summed E-state index contributed by atoms with van der Waals surface area (Å²) in [4.78, 5) is 0. The zero-order valence-corrected chi connectivity index (χ0v) is 11.9. The Morgan fingerprint density at radius 2 is 2.30 bits per heavy atom. The van der Waals surface area contributed by atoms with E-state index in [2.05, 4.69) is 9.71 Å². The van der Waals surface area contributed by atoms with Gasteiger partial charge in [-0.15, -0.1) is 4.40 Å². The number of hydrogen-bond donors (Lipinski definition) is 2. The van der Waals surface area contributed by atoms with Gasteiger partial charge in [-0.1, -0.05) is 12.1 Å². The summed E-state index contributed by atoms with van der Waals surface area (Å²) in [5, 5.41) is 2.27. The van der Waals surface area contributed by atoms with Crippen LogP contribution >= 0.6 is 0 Å². The van der Waals surface area contributed by atoms with E-state index in [1.807, 2.05) is 6.07 Å². The third-order valence-corrected chi connectivity index (χ3v) is 4.85. The number of benzene rings is 1. The van der Waals surface area contributed by atoms with Gasteiger partial charge in [0.15, 0.2) is 0 Å². The molecule has 0 aliphatic carbocycles. The van der Waals surface area contributed by atoms with Crippen molar-refractivity contribution in [2.75, 3.05) is 19.7 Å². The molecular weight excluding hydrogens is 278 g/mol. The zero-order chi connectivity index (χ0) is 14.2. The van der Waals surface area contributed by atoms with E-state index in [1.54, 1.807) is 12.1 Å². The first kappa shape index (κ1) is 13.4. The first-order chi connectivity index (χ1) is 9.55. The van der Waals surface area contributed by atoms with Crippen molar-refractivity contribution in [3.05, 3.63) is 29.3 Å². The molecule has 108 valence electrons. The average Bonchev–Trinajstić information content (AvgIpc) is 2.87. The normalized spacial score (nSPS) is 24.0. The molecule has 1 atom stereocenters. The first-order valence-electron chi connectivity index (χ1n) is 6.70. The van der Waals surface area contributed by atoms with Crippen LogP contribution in [0.3, 0.4) is 0 Å². The molecule has 0 amide bonds. The molecule has 0 bridgehead atoms. The van der Waals surface area contributed by atoms with Gasteiger partial charge < -0.3 is 15.8 Å². The number of nitrogens with two attached hydrogens (primary N) is 2. The smallest absolute Gasteiger partial charge is 0.259 e. The summed E-state index contributed by atoms with van der Waals surface area (Å²) in [6, 6.07) is 5.37. The minimum Gasteiger partial charge on any atom is -0.492 e. The summed E-state index contributed by atoms with van der Waals surface area (Å²) in [7, 11) is -3.49. The molecular formula is C13H18N3O3S+. The second-order valence-corrected chi connectivity index (χ2v) is 6.91. The number of quaternary nitrogens is 1. The lowest BCUT2D eigenvalue weighted by molar-refractivity contribution is -0.638. The van der Waals surface area contributed by atoms with Gasteiger partial charge in [0, 0.05) is 12.3 Å². The SMILES string of the molecule is NC1=NS(=O)(=O)Cc2cccc(OCC3CC[NH2+]C3)c21. The zero-order valence-electron chi connectivity index (χ0n) is 11.1. The Morgan fingerprint density at radius 3 is 3.05 bits per heavy atom. The molecule has 1 saturated heterocycles. The number of rotatable bonds is 3. The van der Waals surface area contributed by atoms with E-state index >= 15 is 0 Å². The summed E-state index contributed by atoms with van der Waals surface area (Å²) < 4.78 is 32.6. The Kier molecular flexibility index (Phi) is 3.39. The standard InChI is InChI=1S/C13H17N3O3S/c14-13-12-10(8-20(17,18)16-13)2-1-3-11(12)19-7-9-4-5-15-6-9/h1-3,9,15H,4-8H2,(H2,14,16)/p+1. The highest BCUT2D eigenvalue weighted by molar-refractivity contribution is 7.89. The van der Waals surface area contributed by atoms with Crippen LogP contribution in [0.2, 0.25) is 0 Å². The Balaban J connectivity index is 1.86. The van der Waals surface area contributed by atoms with Crippen LogP contribution in [0.1, 0.15) is 17.5 Å². The fraction of sp³-hybridized carbons (Fsp3) is 0.462. The molecule has 2 aliphatic heterocycles. The Bertz CT molecular complexity index is 649. The Hall–Kier alpha value is -1.60. The van der Waals surface area contributed by atoms with E-state index < -0.39 is 10.0 Å². The number of sulfonamides is 1. The van der Waals surface area contributed by atoms with Crippen molar-refractivity contribution in [1.29, 1.82) is 0 Å². The van der Waals surface area contributed by atoms with E-state index in [0.29, 0.717) is 29.4 Å². The maximum absolute atomic E-state index is 11.6. The maximum Gasteiger partial charge on any atom is 0.259 e. The summed E-state index contributed by atoms with van der Waals surface area (Å²) in [6.07, 6.45) is 1.15. The van der Waals surface area contributed by atoms with Gasteiger partial charge in [0.25, 0.3) is 10.0 Å². The Labute approximate surface area is 118 Å². The summed E-state index contributed by atoms with van der Waals surface area (Å²) in [6.45, 7) is 2.85. The maximum atomic E-state index is 11.6. The lowest BCUT2D eigenvalue weighted by Crippen LogP contribution is -2.81. The van der Waals surface area contributed by atoms with Crippen LogP contribution in [0.25, 0.3) is 0 Å². The van der Waals surface area contributed by atoms with E-state index in [1.165, 1.54) is 0 Å². The molecule has 0 radical (unpaired) electrons. The lowest BCUT2D eigenvalue weighted by atomic mass is 10.1. The summed E-state index contributed by atoms with van der Waals surface area (Å²) in [5.74, 6) is 1.08. The number of ether oxygens (including phenoxy) is 1. The molecule has 1 aromatic rings. The van der Waals surface area contributed by atoms with E-state index in [9.17, 15) is 8.42 Å². The quantitative estimate of drug-likeness (QED) is 0.762. The number of nitrogens with zero attached hydrogens (tertiary/aromatic N) is 1.